The highest BCUT2D eigenvalue weighted by molar-refractivity contribution is 5.67. The van der Waals surface area contributed by atoms with Crippen molar-refractivity contribution in [3.63, 3.8) is 0 Å². The number of rotatable bonds is 5. The SMILES string of the molecule is CC(C)(C)OC(=O)NCCC(O)C(O)c1ccc(O)cn1. The molecule has 0 bridgehead atoms. The molecule has 0 saturated heterocycles. The van der Waals surface area contributed by atoms with Crippen molar-refractivity contribution in [2.24, 2.45) is 0 Å². The quantitative estimate of drug-likeness (QED) is 0.647. The minimum Gasteiger partial charge on any atom is -0.506 e. The largest absolute Gasteiger partial charge is 0.506 e. The molecule has 7 heteroatoms. The minimum absolute atomic E-state index is 0.0213. The van der Waals surface area contributed by atoms with Crippen LogP contribution in [0.25, 0.3) is 0 Å². The highest BCUT2D eigenvalue weighted by atomic mass is 16.6. The topological polar surface area (TPSA) is 112 Å². The summed E-state index contributed by atoms with van der Waals surface area (Å²) in [6, 6.07) is 2.79. The van der Waals surface area contributed by atoms with Gasteiger partial charge in [0.2, 0.25) is 0 Å². The lowest BCUT2D eigenvalue weighted by Gasteiger charge is -2.21. The molecule has 0 saturated carbocycles. The number of nitrogens with zero attached hydrogens (tertiary/aromatic N) is 1. The fourth-order valence-electron chi connectivity index (χ4n) is 1.56. The number of nitrogens with one attached hydrogen (secondary N) is 1. The third-order valence-corrected chi connectivity index (χ3v) is 2.55. The molecule has 2 unspecified atom stereocenters. The zero-order chi connectivity index (χ0) is 16.0. The van der Waals surface area contributed by atoms with Crippen LogP contribution >= 0.6 is 0 Å². The van der Waals surface area contributed by atoms with E-state index in [0.29, 0.717) is 0 Å². The summed E-state index contributed by atoms with van der Waals surface area (Å²) in [6.45, 7) is 5.41. The van der Waals surface area contributed by atoms with E-state index in [-0.39, 0.29) is 24.4 Å². The van der Waals surface area contributed by atoms with Crippen LogP contribution in [0.1, 0.15) is 39.0 Å². The second kappa shape index (κ2) is 7.24. The van der Waals surface area contributed by atoms with Gasteiger partial charge in [0.05, 0.1) is 18.0 Å². The molecule has 4 N–H and O–H groups in total. The Labute approximate surface area is 123 Å². The van der Waals surface area contributed by atoms with Crippen LogP contribution in [0.2, 0.25) is 0 Å². The molecule has 0 aliphatic carbocycles. The van der Waals surface area contributed by atoms with E-state index in [1.54, 1.807) is 20.8 Å². The van der Waals surface area contributed by atoms with Crippen molar-refractivity contribution < 1.29 is 24.9 Å². The molecule has 1 heterocycles. The van der Waals surface area contributed by atoms with E-state index in [0.717, 1.165) is 0 Å². The summed E-state index contributed by atoms with van der Waals surface area (Å²) in [5.41, 5.74) is -0.337. The van der Waals surface area contributed by atoms with Crippen LogP contribution in [-0.4, -0.2) is 44.6 Å². The number of ether oxygens (including phenoxy) is 1. The van der Waals surface area contributed by atoms with Gasteiger partial charge in [0.15, 0.2) is 0 Å². The molecule has 2 atom stereocenters. The van der Waals surface area contributed by atoms with Gasteiger partial charge < -0.3 is 25.4 Å². The van der Waals surface area contributed by atoms with Gasteiger partial charge in [-0.15, -0.1) is 0 Å². The summed E-state index contributed by atoms with van der Waals surface area (Å²) < 4.78 is 5.04. The van der Waals surface area contributed by atoms with Crippen molar-refractivity contribution in [1.29, 1.82) is 0 Å². The zero-order valence-electron chi connectivity index (χ0n) is 12.4. The number of aromatic hydroxyl groups is 1. The third-order valence-electron chi connectivity index (χ3n) is 2.55. The van der Waals surface area contributed by atoms with Crippen LogP contribution < -0.4 is 5.32 Å². The van der Waals surface area contributed by atoms with Crippen molar-refractivity contribution in [3.8, 4) is 5.75 Å². The van der Waals surface area contributed by atoms with Crippen LogP contribution in [0, 0.1) is 0 Å². The molecule has 1 aromatic rings. The number of aliphatic hydroxyl groups is 2. The van der Waals surface area contributed by atoms with Gasteiger partial charge in [0.25, 0.3) is 0 Å². The van der Waals surface area contributed by atoms with Crippen LogP contribution in [0.4, 0.5) is 4.79 Å². The van der Waals surface area contributed by atoms with Gasteiger partial charge in [-0.2, -0.15) is 0 Å². The van der Waals surface area contributed by atoms with Gasteiger partial charge in [0, 0.05) is 6.54 Å². The Morgan fingerprint density at radius 1 is 1.38 bits per heavy atom. The van der Waals surface area contributed by atoms with Crippen molar-refractivity contribution in [2.75, 3.05) is 6.54 Å². The third kappa shape index (κ3) is 6.42. The molecule has 0 aliphatic heterocycles. The standard InChI is InChI=1S/C14H22N2O5/c1-14(2,3)21-13(20)15-7-6-11(18)12(19)10-5-4-9(17)8-16-10/h4-5,8,11-12,17-19H,6-7H2,1-3H3,(H,15,20). The van der Waals surface area contributed by atoms with Gasteiger partial charge in [-0.3, -0.25) is 4.98 Å². The van der Waals surface area contributed by atoms with E-state index in [4.69, 9.17) is 9.84 Å². The Balaban J connectivity index is 2.38. The summed E-state index contributed by atoms with van der Waals surface area (Å²) in [5.74, 6) is -0.0213. The van der Waals surface area contributed by atoms with Gasteiger partial charge in [-0.25, -0.2) is 4.79 Å². The monoisotopic (exact) mass is 298 g/mol. The second-order valence-electron chi connectivity index (χ2n) is 5.67. The van der Waals surface area contributed by atoms with Crippen molar-refractivity contribution in [2.45, 2.75) is 45.0 Å². The van der Waals surface area contributed by atoms with Gasteiger partial charge >= 0.3 is 6.09 Å². The summed E-state index contributed by atoms with van der Waals surface area (Å²) in [7, 11) is 0. The normalized spacial score (nSPS) is 14.3. The fraction of sp³-hybridized carbons (Fsp3) is 0.571. The van der Waals surface area contributed by atoms with E-state index in [1.165, 1.54) is 18.3 Å². The Bertz CT molecular complexity index is 455. The first-order chi connectivity index (χ1) is 9.69. The smallest absolute Gasteiger partial charge is 0.407 e. The number of pyridine rings is 1. The second-order valence-corrected chi connectivity index (χ2v) is 5.67. The van der Waals surface area contributed by atoms with Crippen molar-refractivity contribution in [1.82, 2.24) is 10.3 Å². The van der Waals surface area contributed by atoms with Crippen LogP contribution in [0.5, 0.6) is 5.75 Å². The summed E-state index contributed by atoms with van der Waals surface area (Å²) >= 11 is 0. The van der Waals surface area contributed by atoms with Crippen molar-refractivity contribution >= 4 is 6.09 Å². The molecule has 1 rings (SSSR count). The number of amides is 1. The van der Waals surface area contributed by atoms with Gasteiger partial charge in [-0.1, -0.05) is 0 Å². The summed E-state index contributed by atoms with van der Waals surface area (Å²) in [6.07, 6.45) is -1.53. The summed E-state index contributed by atoms with van der Waals surface area (Å²) in [5, 5.41) is 31.3. The van der Waals surface area contributed by atoms with E-state index >= 15 is 0 Å². The number of hydrogen-bond acceptors (Lipinski definition) is 6. The van der Waals surface area contributed by atoms with E-state index in [2.05, 4.69) is 10.3 Å². The molecule has 21 heavy (non-hydrogen) atoms. The molecule has 0 radical (unpaired) electrons. The van der Waals surface area contributed by atoms with Gasteiger partial charge in [-0.05, 0) is 39.3 Å². The zero-order valence-corrected chi connectivity index (χ0v) is 12.4. The molecule has 1 amide bonds. The van der Waals surface area contributed by atoms with E-state index in [1.807, 2.05) is 0 Å². The lowest BCUT2D eigenvalue weighted by Crippen LogP contribution is -2.34. The first kappa shape index (κ1) is 17.2. The highest BCUT2D eigenvalue weighted by Crippen LogP contribution is 2.18. The average Bonchev–Trinajstić information content (AvgIpc) is 2.36. The Hall–Kier alpha value is -1.86. The van der Waals surface area contributed by atoms with Crippen LogP contribution in [0.3, 0.4) is 0 Å². The molecule has 0 spiro atoms. The Kier molecular flexibility index (Phi) is 5.92. The average molecular weight is 298 g/mol. The Morgan fingerprint density at radius 3 is 2.57 bits per heavy atom. The molecule has 0 aromatic carbocycles. The maximum Gasteiger partial charge on any atom is 0.407 e. The van der Waals surface area contributed by atoms with E-state index < -0.39 is 23.9 Å². The summed E-state index contributed by atoms with van der Waals surface area (Å²) in [4.78, 5) is 15.2. The molecule has 0 aliphatic rings. The van der Waals surface area contributed by atoms with Crippen LogP contribution in [-0.2, 0) is 4.74 Å². The maximum atomic E-state index is 11.4. The predicted octanol–water partition coefficient (Wildman–Crippen LogP) is 1.10. The highest BCUT2D eigenvalue weighted by Gasteiger charge is 2.20. The molecular formula is C14H22N2O5. The predicted molar refractivity (Wildman–Crippen MR) is 75.7 cm³/mol. The number of aliphatic hydroxyl groups excluding tert-OH is 2. The molecule has 7 nitrogen and oxygen atoms in total. The fourth-order valence-corrected chi connectivity index (χ4v) is 1.56. The Morgan fingerprint density at radius 2 is 2.05 bits per heavy atom. The van der Waals surface area contributed by atoms with E-state index in [9.17, 15) is 15.0 Å². The minimum atomic E-state index is -1.19. The maximum absolute atomic E-state index is 11.4. The molecule has 118 valence electrons. The first-order valence-corrected chi connectivity index (χ1v) is 6.67. The molecule has 0 fully saturated rings. The first-order valence-electron chi connectivity index (χ1n) is 6.67. The molecule has 1 aromatic heterocycles. The number of hydrogen-bond donors (Lipinski definition) is 4. The number of aromatic nitrogens is 1. The van der Waals surface area contributed by atoms with Crippen molar-refractivity contribution in [3.05, 3.63) is 24.0 Å². The number of alkyl carbamates (subject to hydrolysis) is 1. The van der Waals surface area contributed by atoms with Crippen LogP contribution in [0.15, 0.2) is 18.3 Å². The molecular weight excluding hydrogens is 276 g/mol. The lowest BCUT2D eigenvalue weighted by atomic mass is 10.1. The lowest BCUT2D eigenvalue weighted by molar-refractivity contribution is 0.00989. The van der Waals surface area contributed by atoms with Gasteiger partial charge in [0.1, 0.15) is 17.5 Å². The number of carbonyl (C=O) groups is 1. The number of carbonyl (C=O) groups excluding carboxylic acids is 1.